The molecule has 8 nitrogen and oxygen atoms in total. The number of ether oxygens (including phenoxy) is 4. The van der Waals surface area contributed by atoms with Gasteiger partial charge in [-0.1, -0.05) is 5.16 Å². The fraction of sp³-hybridized carbons (Fsp3) is 0.261. The summed E-state index contributed by atoms with van der Waals surface area (Å²) >= 11 is 0. The zero-order valence-electron chi connectivity index (χ0n) is 17.8. The molecule has 2 aromatic carbocycles. The SMILES string of the molecule is COc1ccc(C(=O)COC(=O)c2ccc(OCc3c(C)noc3C)cc2)cc1OC. The lowest BCUT2D eigenvalue weighted by molar-refractivity contribution is 0.0474. The molecule has 0 saturated heterocycles. The number of rotatable bonds is 9. The van der Waals surface area contributed by atoms with E-state index in [1.807, 2.05) is 13.8 Å². The van der Waals surface area contributed by atoms with Crippen molar-refractivity contribution in [3.05, 3.63) is 70.6 Å². The number of carbonyl (C=O) groups excluding carboxylic acids is 2. The Morgan fingerprint density at radius 1 is 0.935 bits per heavy atom. The molecule has 8 heteroatoms. The summed E-state index contributed by atoms with van der Waals surface area (Å²) in [6.45, 7) is 3.59. The van der Waals surface area contributed by atoms with Crippen molar-refractivity contribution in [2.45, 2.75) is 20.5 Å². The van der Waals surface area contributed by atoms with Crippen molar-refractivity contribution in [3.8, 4) is 17.2 Å². The van der Waals surface area contributed by atoms with Crippen LogP contribution in [0.5, 0.6) is 17.2 Å². The minimum Gasteiger partial charge on any atom is -0.493 e. The Kier molecular flexibility index (Phi) is 6.92. The second-order valence-corrected chi connectivity index (χ2v) is 6.68. The van der Waals surface area contributed by atoms with Crippen LogP contribution in [0.4, 0.5) is 0 Å². The first kappa shape index (κ1) is 21.9. The highest BCUT2D eigenvalue weighted by atomic mass is 16.5. The first-order chi connectivity index (χ1) is 14.9. The summed E-state index contributed by atoms with van der Waals surface area (Å²) in [5.74, 6) is 1.26. The van der Waals surface area contributed by atoms with Gasteiger partial charge in [0.1, 0.15) is 18.1 Å². The number of carbonyl (C=O) groups is 2. The number of ketones is 1. The van der Waals surface area contributed by atoms with Crippen LogP contribution in [-0.4, -0.2) is 37.7 Å². The number of hydrogen-bond donors (Lipinski definition) is 0. The molecule has 0 spiro atoms. The molecule has 0 saturated carbocycles. The Morgan fingerprint density at radius 3 is 2.23 bits per heavy atom. The van der Waals surface area contributed by atoms with E-state index in [9.17, 15) is 9.59 Å². The van der Waals surface area contributed by atoms with Crippen LogP contribution in [0.2, 0.25) is 0 Å². The maximum absolute atomic E-state index is 12.3. The highest BCUT2D eigenvalue weighted by Gasteiger charge is 2.15. The smallest absolute Gasteiger partial charge is 0.338 e. The van der Waals surface area contributed by atoms with Crippen LogP contribution < -0.4 is 14.2 Å². The molecule has 1 heterocycles. The zero-order chi connectivity index (χ0) is 22.4. The quantitative estimate of drug-likeness (QED) is 0.376. The van der Waals surface area contributed by atoms with E-state index in [1.165, 1.54) is 14.2 Å². The highest BCUT2D eigenvalue weighted by Crippen LogP contribution is 2.27. The molecule has 0 aliphatic carbocycles. The minimum absolute atomic E-state index is 0.310. The van der Waals surface area contributed by atoms with Crippen LogP contribution in [0.25, 0.3) is 0 Å². The van der Waals surface area contributed by atoms with E-state index in [0.29, 0.717) is 40.7 Å². The molecule has 0 aliphatic heterocycles. The van der Waals surface area contributed by atoms with Crippen LogP contribution in [0, 0.1) is 13.8 Å². The van der Waals surface area contributed by atoms with Crippen molar-refractivity contribution in [2.24, 2.45) is 0 Å². The third kappa shape index (κ3) is 5.22. The van der Waals surface area contributed by atoms with Crippen molar-refractivity contribution in [1.82, 2.24) is 5.16 Å². The first-order valence-electron chi connectivity index (χ1n) is 9.50. The number of methoxy groups -OCH3 is 2. The number of nitrogens with zero attached hydrogens (tertiary/aromatic N) is 1. The summed E-state index contributed by atoms with van der Waals surface area (Å²) in [6.07, 6.45) is 0. The summed E-state index contributed by atoms with van der Waals surface area (Å²) in [5.41, 5.74) is 2.33. The van der Waals surface area contributed by atoms with Gasteiger partial charge in [-0.3, -0.25) is 4.79 Å². The van der Waals surface area contributed by atoms with Gasteiger partial charge >= 0.3 is 5.97 Å². The number of aryl methyl sites for hydroxylation is 2. The number of aromatic nitrogens is 1. The van der Waals surface area contributed by atoms with Gasteiger partial charge in [-0.05, 0) is 56.3 Å². The highest BCUT2D eigenvalue weighted by molar-refractivity contribution is 5.99. The lowest BCUT2D eigenvalue weighted by atomic mass is 10.1. The fourth-order valence-electron chi connectivity index (χ4n) is 2.86. The van der Waals surface area contributed by atoms with Crippen LogP contribution in [0.15, 0.2) is 47.0 Å². The summed E-state index contributed by atoms with van der Waals surface area (Å²) < 4.78 is 26.3. The third-order valence-electron chi connectivity index (χ3n) is 4.69. The lowest BCUT2D eigenvalue weighted by Crippen LogP contribution is -2.14. The second-order valence-electron chi connectivity index (χ2n) is 6.68. The largest absolute Gasteiger partial charge is 0.493 e. The molecule has 0 N–H and O–H groups in total. The molecule has 0 aliphatic rings. The van der Waals surface area contributed by atoms with Crippen LogP contribution in [0.1, 0.15) is 37.7 Å². The molecule has 0 fully saturated rings. The van der Waals surface area contributed by atoms with E-state index in [-0.39, 0.29) is 5.78 Å². The monoisotopic (exact) mass is 425 g/mol. The molecule has 3 rings (SSSR count). The van der Waals surface area contributed by atoms with Gasteiger partial charge in [0.15, 0.2) is 23.9 Å². The predicted molar refractivity (Wildman–Crippen MR) is 111 cm³/mol. The number of hydrogen-bond acceptors (Lipinski definition) is 8. The number of esters is 1. The Labute approximate surface area is 179 Å². The molecule has 0 radical (unpaired) electrons. The van der Waals surface area contributed by atoms with Crippen LogP contribution in [-0.2, 0) is 11.3 Å². The van der Waals surface area contributed by atoms with Gasteiger partial charge in [0.2, 0.25) is 0 Å². The molecule has 0 atom stereocenters. The molecule has 0 unspecified atom stereocenters. The number of Topliss-reactive ketones (excluding diaryl/α,β-unsaturated/α-hetero) is 1. The summed E-state index contributed by atoms with van der Waals surface area (Å²) in [7, 11) is 2.99. The number of benzene rings is 2. The van der Waals surface area contributed by atoms with E-state index in [2.05, 4.69) is 5.16 Å². The van der Waals surface area contributed by atoms with Crippen molar-refractivity contribution < 1.29 is 33.1 Å². The Balaban J connectivity index is 1.55. The van der Waals surface area contributed by atoms with E-state index < -0.39 is 12.6 Å². The van der Waals surface area contributed by atoms with E-state index >= 15 is 0 Å². The van der Waals surface area contributed by atoms with Crippen LogP contribution in [0.3, 0.4) is 0 Å². The van der Waals surface area contributed by atoms with Crippen molar-refractivity contribution in [1.29, 1.82) is 0 Å². The maximum Gasteiger partial charge on any atom is 0.338 e. The van der Waals surface area contributed by atoms with Gasteiger partial charge < -0.3 is 23.5 Å². The first-order valence-corrected chi connectivity index (χ1v) is 9.50. The summed E-state index contributed by atoms with van der Waals surface area (Å²) in [6, 6.07) is 11.2. The van der Waals surface area contributed by atoms with E-state index in [1.54, 1.807) is 42.5 Å². The third-order valence-corrected chi connectivity index (χ3v) is 4.69. The Morgan fingerprint density at radius 2 is 1.61 bits per heavy atom. The van der Waals surface area contributed by atoms with Gasteiger partial charge in [0.05, 0.1) is 31.0 Å². The standard InChI is InChI=1S/C23H23NO7/c1-14-19(15(2)31-24-14)12-29-18-8-5-16(6-9-18)23(26)30-13-20(25)17-7-10-21(27-3)22(11-17)28-4/h5-11H,12-13H2,1-4H3. The summed E-state index contributed by atoms with van der Waals surface area (Å²) in [4.78, 5) is 24.6. The molecular formula is C23H23NO7. The molecule has 162 valence electrons. The Hall–Kier alpha value is -3.81. The molecular weight excluding hydrogens is 402 g/mol. The zero-order valence-corrected chi connectivity index (χ0v) is 17.8. The molecule has 0 bridgehead atoms. The van der Waals surface area contributed by atoms with Crippen molar-refractivity contribution in [2.75, 3.05) is 20.8 Å². The van der Waals surface area contributed by atoms with E-state index in [0.717, 1.165) is 11.3 Å². The van der Waals surface area contributed by atoms with Gasteiger partial charge in [0, 0.05) is 5.56 Å². The van der Waals surface area contributed by atoms with Crippen molar-refractivity contribution in [3.63, 3.8) is 0 Å². The van der Waals surface area contributed by atoms with E-state index in [4.69, 9.17) is 23.5 Å². The predicted octanol–water partition coefficient (Wildman–Crippen LogP) is 3.93. The van der Waals surface area contributed by atoms with Gasteiger partial charge in [-0.25, -0.2) is 4.79 Å². The van der Waals surface area contributed by atoms with Crippen molar-refractivity contribution >= 4 is 11.8 Å². The molecule has 3 aromatic rings. The topological polar surface area (TPSA) is 97.1 Å². The molecule has 0 amide bonds. The fourth-order valence-corrected chi connectivity index (χ4v) is 2.86. The molecule has 1 aromatic heterocycles. The normalized spacial score (nSPS) is 10.5. The van der Waals surface area contributed by atoms with Gasteiger partial charge in [-0.15, -0.1) is 0 Å². The van der Waals surface area contributed by atoms with Crippen LogP contribution >= 0.6 is 0 Å². The maximum atomic E-state index is 12.3. The Bertz CT molecular complexity index is 1050. The summed E-state index contributed by atoms with van der Waals surface area (Å²) in [5, 5.41) is 3.88. The minimum atomic E-state index is -0.605. The average Bonchev–Trinajstić information content (AvgIpc) is 3.12. The second kappa shape index (κ2) is 9.80. The molecule has 31 heavy (non-hydrogen) atoms. The average molecular weight is 425 g/mol. The lowest BCUT2D eigenvalue weighted by Gasteiger charge is -2.10. The van der Waals surface area contributed by atoms with Gasteiger partial charge in [0.25, 0.3) is 0 Å². The van der Waals surface area contributed by atoms with Gasteiger partial charge in [-0.2, -0.15) is 0 Å².